The minimum atomic E-state index is -0.448. The first-order valence-corrected chi connectivity index (χ1v) is 12.8. The number of allylic oxidation sites excluding steroid dienone is 1. The predicted octanol–water partition coefficient (Wildman–Crippen LogP) is 6.56. The van der Waals surface area contributed by atoms with Crippen LogP contribution in [0.5, 0.6) is 0 Å². The van der Waals surface area contributed by atoms with Crippen LogP contribution in [0.25, 0.3) is 17.0 Å². The Kier molecular flexibility index (Phi) is 9.92. The third kappa shape index (κ3) is 7.39. The number of carbonyl (C=O) groups excluding carboxylic acids is 1. The molecule has 176 valence electrons. The van der Waals surface area contributed by atoms with E-state index in [0.29, 0.717) is 18.7 Å². The number of fused-ring (bicyclic) bond motifs is 1. The van der Waals surface area contributed by atoms with Crippen LogP contribution in [0, 0.1) is 0 Å². The van der Waals surface area contributed by atoms with Gasteiger partial charge in [0.1, 0.15) is 0 Å². The van der Waals surface area contributed by atoms with Gasteiger partial charge in [0, 0.05) is 45.8 Å². The Bertz CT molecular complexity index is 1050. The Hall–Kier alpha value is -2.21. The number of aliphatic hydroxyl groups is 1. The fourth-order valence-corrected chi connectivity index (χ4v) is 4.34. The van der Waals surface area contributed by atoms with E-state index in [1.807, 2.05) is 48.7 Å². The van der Waals surface area contributed by atoms with Crippen LogP contribution in [0.15, 0.2) is 65.3 Å². The molecule has 0 fully saturated rings. The Balaban J connectivity index is 1.74. The van der Waals surface area contributed by atoms with Crippen LogP contribution in [0.1, 0.15) is 55.5 Å². The van der Waals surface area contributed by atoms with Crippen molar-refractivity contribution < 1.29 is 9.90 Å². The molecule has 0 spiro atoms. The normalized spacial score (nSPS) is 12.8. The van der Waals surface area contributed by atoms with Crippen molar-refractivity contribution in [2.75, 3.05) is 19.6 Å². The van der Waals surface area contributed by atoms with Crippen LogP contribution >= 0.6 is 15.9 Å². The van der Waals surface area contributed by atoms with Crippen molar-refractivity contribution in [1.82, 2.24) is 9.47 Å². The second-order valence-electron chi connectivity index (χ2n) is 8.62. The third-order valence-electron chi connectivity index (χ3n) is 5.89. The number of nitrogens with zero attached hydrogens (tertiary/aromatic N) is 2. The van der Waals surface area contributed by atoms with Crippen molar-refractivity contribution in [1.29, 1.82) is 0 Å². The largest absolute Gasteiger partial charge is 0.390 e. The van der Waals surface area contributed by atoms with E-state index in [-0.39, 0.29) is 5.78 Å². The number of benzene rings is 2. The van der Waals surface area contributed by atoms with Crippen molar-refractivity contribution in [2.24, 2.45) is 0 Å². The number of para-hydroxylation sites is 1. The first kappa shape index (κ1) is 25.4. The lowest BCUT2D eigenvalue weighted by atomic mass is 10.1. The third-order valence-corrected chi connectivity index (χ3v) is 6.42. The van der Waals surface area contributed by atoms with Gasteiger partial charge in [0.05, 0.1) is 6.10 Å². The fraction of sp³-hybridized carbons (Fsp3) is 0.393. The van der Waals surface area contributed by atoms with Crippen LogP contribution in [0.2, 0.25) is 0 Å². The monoisotopic (exact) mass is 510 g/mol. The zero-order valence-corrected chi connectivity index (χ0v) is 21.3. The van der Waals surface area contributed by atoms with E-state index in [2.05, 4.69) is 51.4 Å². The number of halogens is 1. The summed E-state index contributed by atoms with van der Waals surface area (Å²) in [6.45, 7) is 7.69. The van der Waals surface area contributed by atoms with Crippen molar-refractivity contribution in [2.45, 2.75) is 52.2 Å². The molecule has 0 saturated carbocycles. The number of aliphatic hydroxyl groups excluding tert-OH is 1. The Labute approximate surface area is 206 Å². The first-order chi connectivity index (χ1) is 16.0. The molecule has 0 amide bonds. The summed E-state index contributed by atoms with van der Waals surface area (Å²) in [6.07, 6.45) is 9.74. The van der Waals surface area contributed by atoms with E-state index < -0.39 is 6.10 Å². The van der Waals surface area contributed by atoms with Crippen LogP contribution in [0.4, 0.5) is 0 Å². The molecular weight excluding hydrogens is 476 g/mol. The molecule has 1 heterocycles. The second kappa shape index (κ2) is 12.9. The van der Waals surface area contributed by atoms with Gasteiger partial charge in [-0.1, -0.05) is 60.8 Å². The first-order valence-electron chi connectivity index (χ1n) is 12.0. The molecule has 3 aromatic rings. The highest BCUT2D eigenvalue weighted by Gasteiger charge is 2.14. The van der Waals surface area contributed by atoms with Gasteiger partial charge in [-0.3, -0.25) is 4.79 Å². The summed E-state index contributed by atoms with van der Waals surface area (Å²) < 4.78 is 3.06. The van der Waals surface area contributed by atoms with Crippen LogP contribution in [-0.2, 0) is 6.54 Å². The average molecular weight is 512 g/mol. The number of aromatic nitrogens is 1. The molecule has 0 aliphatic carbocycles. The summed E-state index contributed by atoms with van der Waals surface area (Å²) in [5.41, 5.74) is 2.71. The average Bonchev–Trinajstić information content (AvgIpc) is 3.17. The summed E-state index contributed by atoms with van der Waals surface area (Å²) in [4.78, 5) is 15.0. The van der Waals surface area contributed by atoms with Gasteiger partial charge in [-0.15, -0.1) is 0 Å². The van der Waals surface area contributed by atoms with Crippen molar-refractivity contribution in [3.63, 3.8) is 0 Å². The van der Waals surface area contributed by atoms with E-state index in [1.54, 1.807) is 6.08 Å². The van der Waals surface area contributed by atoms with Gasteiger partial charge in [0.25, 0.3) is 0 Å². The number of unbranched alkanes of at least 4 members (excludes halogenated alkanes) is 2. The quantitative estimate of drug-likeness (QED) is 0.209. The zero-order chi connectivity index (χ0) is 23.6. The summed E-state index contributed by atoms with van der Waals surface area (Å²) in [7, 11) is 0. The van der Waals surface area contributed by atoms with Crippen molar-refractivity contribution in [3.05, 3.63) is 76.4 Å². The highest BCUT2D eigenvalue weighted by Crippen LogP contribution is 2.23. The molecule has 1 unspecified atom stereocenters. The lowest BCUT2D eigenvalue weighted by molar-refractivity contribution is 0.0973. The molecule has 5 heteroatoms. The lowest BCUT2D eigenvalue weighted by Crippen LogP contribution is -2.36. The van der Waals surface area contributed by atoms with Crippen LogP contribution < -0.4 is 0 Å². The molecular formula is C28H35BrN2O2. The summed E-state index contributed by atoms with van der Waals surface area (Å²) in [5.74, 6) is -0.0261. The Morgan fingerprint density at radius 3 is 2.39 bits per heavy atom. The molecule has 4 nitrogen and oxygen atoms in total. The number of ketones is 1. The van der Waals surface area contributed by atoms with Gasteiger partial charge in [-0.05, 0) is 68.4 Å². The van der Waals surface area contributed by atoms with Gasteiger partial charge in [0.15, 0.2) is 5.78 Å². The van der Waals surface area contributed by atoms with Gasteiger partial charge < -0.3 is 14.6 Å². The van der Waals surface area contributed by atoms with E-state index in [1.165, 1.54) is 0 Å². The summed E-state index contributed by atoms with van der Waals surface area (Å²) in [5, 5.41) is 12.0. The Morgan fingerprint density at radius 1 is 1.06 bits per heavy atom. The molecule has 2 aromatic carbocycles. The maximum Gasteiger partial charge on any atom is 0.185 e. The molecule has 0 aliphatic rings. The maximum atomic E-state index is 12.6. The van der Waals surface area contributed by atoms with Crippen molar-refractivity contribution >= 4 is 38.7 Å². The minimum Gasteiger partial charge on any atom is -0.390 e. The lowest BCUT2D eigenvalue weighted by Gasteiger charge is -2.25. The molecule has 0 saturated heterocycles. The summed E-state index contributed by atoms with van der Waals surface area (Å²) in [6, 6.07) is 15.5. The highest BCUT2D eigenvalue weighted by molar-refractivity contribution is 9.10. The molecule has 3 rings (SSSR count). The Morgan fingerprint density at radius 2 is 1.73 bits per heavy atom. The van der Waals surface area contributed by atoms with Gasteiger partial charge in [-0.2, -0.15) is 0 Å². The van der Waals surface area contributed by atoms with Gasteiger partial charge in [0.2, 0.25) is 0 Å². The molecule has 0 aliphatic heterocycles. The molecule has 0 radical (unpaired) electrons. The number of hydrogen-bond donors (Lipinski definition) is 1. The standard InChI is InChI=1S/C28H35BrN2O2/c1-3-5-17-30(18-6-4-2)20-25(32)21-31-19-23(26-9-7-8-10-27(26)31)13-16-28(33)22-11-14-24(29)15-12-22/h7-16,19,25,32H,3-6,17-18,20-21H2,1-2H3. The molecule has 1 aromatic heterocycles. The zero-order valence-electron chi connectivity index (χ0n) is 19.7. The number of hydrogen-bond acceptors (Lipinski definition) is 3. The highest BCUT2D eigenvalue weighted by atomic mass is 79.9. The van der Waals surface area contributed by atoms with Crippen molar-refractivity contribution in [3.8, 4) is 0 Å². The topological polar surface area (TPSA) is 45.5 Å². The minimum absolute atomic E-state index is 0.0261. The van der Waals surface area contributed by atoms with Gasteiger partial charge in [-0.25, -0.2) is 0 Å². The van der Waals surface area contributed by atoms with E-state index in [9.17, 15) is 9.90 Å². The van der Waals surface area contributed by atoms with E-state index in [4.69, 9.17) is 0 Å². The molecule has 0 bridgehead atoms. The molecule has 1 atom stereocenters. The number of rotatable bonds is 13. The fourth-order valence-electron chi connectivity index (χ4n) is 4.08. The molecule has 33 heavy (non-hydrogen) atoms. The second-order valence-corrected chi connectivity index (χ2v) is 9.54. The van der Waals surface area contributed by atoms with Crippen LogP contribution in [0.3, 0.4) is 0 Å². The predicted molar refractivity (Wildman–Crippen MR) is 142 cm³/mol. The SMILES string of the molecule is CCCCN(CCCC)CC(O)Cn1cc(C=CC(=O)c2ccc(Br)cc2)c2ccccc21. The molecule has 1 N–H and O–H groups in total. The van der Waals surface area contributed by atoms with E-state index in [0.717, 1.165) is 59.7 Å². The van der Waals surface area contributed by atoms with Gasteiger partial charge >= 0.3 is 0 Å². The van der Waals surface area contributed by atoms with E-state index >= 15 is 0 Å². The maximum absolute atomic E-state index is 12.6. The summed E-state index contributed by atoms with van der Waals surface area (Å²) >= 11 is 3.40. The number of carbonyl (C=O) groups is 1. The van der Waals surface area contributed by atoms with Crippen LogP contribution in [-0.4, -0.2) is 46.1 Å². The smallest absolute Gasteiger partial charge is 0.185 e.